The topological polar surface area (TPSA) is 3.24 Å². The van der Waals surface area contributed by atoms with Crippen molar-refractivity contribution in [3.05, 3.63) is 28.8 Å². The Morgan fingerprint density at radius 2 is 1.68 bits per heavy atom. The molecule has 0 radical (unpaired) electrons. The molecule has 0 saturated carbocycles. The summed E-state index contributed by atoms with van der Waals surface area (Å²) in [7, 11) is 0. The van der Waals surface area contributed by atoms with Crippen LogP contribution in [0.15, 0.2) is 18.2 Å². The van der Waals surface area contributed by atoms with Gasteiger partial charge in [-0.05, 0) is 41.4 Å². The Morgan fingerprint density at radius 1 is 1.11 bits per heavy atom. The predicted octanol–water partition coefficient (Wildman–Crippen LogP) is 5.12. The molecule has 2 rings (SSSR count). The monoisotopic (exact) mass is 279 g/mol. The Bertz CT molecular complexity index is 437. The van der Waals surface area contributed by atoms with Gasteiger partial charge in [0.15, 0.2) is 0 Å². The van der Waals surface area contributed by atoms with E-state index >= 15 is 0 Å². The first kappa shape index (κ1) is 14.7. The van der Waals surface area contributed by atoms with Crippen LogP contribution in [0.1, 0.15) is 46.6 Å². The highest BCUT2D eigenvalue weighted by atomic mass is 35.5. The number of piperidine rings is 1. The first-order valence-electron chi connectivity index (χ1n) is 7.32. The van der Waals surface area contributed by atoms with Gasteiger partial charge in [-0.2, -0.15) is 0 Å². The fourth-order valence-corrected chi connectivity index (χ4v) is 3.64. The van der Waals surface area contributed by atoms with Gasteiger partial charge < -0.3 is 4.90 Å². The first-order valence-corrected chi connectivity index (χ1v) is 7.70. The van der Waals surface area contributed by atoms with Gasteiger partial charge in [0.1, 0.15) is 0 Å². The number of halogens is 1. The normalized spacial score (nSPS) is 24.6. The van der Waals surface area contributed by atoms with Crippen LogP contribution in [0.3, 0.4) is 0 Å². The quantitative estimate of drug-likeness (QED) is 0.690. The summed E-state index contributed by atoms with van der Waals surface area (Å²) >= 11 is 6.48. The fraction of sp³-hybridized carbons (Fsp3) is 0.647. The van der Waals surface area contributed by atoms with Crippen molar-refractivity contribution in [3.8, 4) is 0 Å². The van der Waals surface area contributed by atoms with Crippen molar-refractivity contribution in [1.29, 1.82) is 0 Å². The van der Waals surface area contributed by atoms with E-state index in [-0.39, 0.29) is 5.41 Å². The second-order valence-corrected chi connectivity index (χ2v) is 7.67. The van der Waals surface area contributed by atoms with Gasteiger partial charge in [0.05, 0.1) is 0 Å². The van der Waals surface area contributed by atoms with Crippen LogP contribution in [0.25, 0.3) is 0 Å². The first-order chi connectivity index (χ1) is 8.77. The van der Waals surface area contributed by atoms with Crippen molar-refractivity contribution in [3.63, 3.8) is 0 Å². The summed E-state index contributed by atoms with van der Waals surface area (Å²) in [4.78, 5) is 2.48. The SMILES string of the molecule is CC1CC(C)CN(c2ccc(C(C)(C)C)c(Cl)c2)C1. The number of benzene rings is 1. The Balaban J connectivity index is 2.25. The minimum atomic E-state index is 0.109. The van der Waals surface area contributed by atoms with Gasteiger partial charge >= 0.3 is 0 Å². The minimum absolute atomic E-state index is 0.109. The van der Waals surface area contributed by atoms with E-state index < -0.39 is 0 Å². The lowest BCUT2D eigenvalue weighted by Crippen LogP contribution is -2.38. The highest BCUT2D eigenvalue weighted by molar-refractivity contribution is 6.31. The van der Waals surface area contributed by atoms with Crippen molar-refractivity contribution >= 4 is 17.3 Å². The lowest BCUT2D eigenvalue weighted by atomic mass is 9.86. The molecule has 1 heterocycles. The second-order valence-electron chi connectivity index (χ2n) is 7.27. The average molecular weight is 280 g/mol. The molecule has 19 heavy (non-hydrogen) atoms. The van der Waals surface area contributed by atoms with Crippen molar-refractivity contribution in [2.45, 2.75) is 46.5 Å². The molecule has 1 aliphatic heterocycles. The van der Waals surface area contributed by atoms with Crippen LogP contribution in [0.5, 0.6) is 0 Å². The number of anilines is 1. The third-order valence-electron chi connectivity index (χ3n) is 3.99. The second kappa shape index (κ2) is 5.36. The Morgan fingerprint density at radius 3 is 2.16 bits per heavy atom. The molecule has 0 aliphatic carbocycles. The fourth-order valence-electron chi connectivity index (χ4n) is 3.18. The van der Waals surface area contributed by atoms with Crippen molar-refractivity contribution in [2.24, 2.45) is 11.8 Å². The molecule has 0 spiro atoms. The zero-order valence-electron chi connectivity index (χ0n) is 12.8. The highest BCUT2D eigenvalue weighted by Gasteiger charge is 2.23. The summed E-state index contributed by atoms with van der Waals surface area (Å²) in [5.41, 5.74) is 2.62. The van der Waals surface area contributed by atoms with Crippen LogP contribution in [0.2, 0.25) is 5.02 Å². The maximum atomic E-state index is 6.48. The van der Waals surface area contributed by atoms with Crippen molar-refractivity contribution in [1.82, 2.24) is 0 Å². The van der Waals surface area contributed by atoms with Crippen LogP contribution in [-0.2, 0) is 5.41 Å². The van der Waals surface area contributed by atoms with Crippen LogP contribution < -0.4 is 4.90 Å². The third-order valence-corrected chi connectivity index (χ3v) is 4.31. The van der Waals surface area contributed by atoms with E-state index in [0.29, 0.717) is 0 Å². The van der Waals surface area contributed by atoms with Crippen LogP contribution in [0.4, 0.5) is 5.69 Å². The van der Waals surface area contributed by atoms with E-state index in [1.807, 2.05) is 0 Å². The molecule has 1 saturated heterocycles. The van der Waals surface area contributed by atoms with Crippen LogP contribution in [0, 0.1) is 11.8 Å². The molecular weight excluding hydrogens is 254 g/mol. The highest BCUT2D eigenvalue weighted by Crippen LogP contribution is 2.34. The molecule has 0 N–H and O–H groups in total. The molecule has 0 aromatic heterocycles. The van der Waals surface area contributed by atoms with Crippen LogP contribution in [-0.4, -0.2) is 13.1 Å². The minimum Gasteiger partial charge on any atom is -0.371 e. The lowest BCUT2D eigenvalue weighted by molar-refractivity contribution is 0.357. The summed E-state index contributed by atoms with van der Waals surface area (Å²) in [6.45, 7) is 13.6. The van der Waals surface area contributed by atoms with E-state index in [9.17, 15) is 0 Å². The molecule has 1 aliphatic rings. The largest absolute Gasteiger partial charge is 0.371 e. The van der Waals surface area contributed by atoms with Gasteiger partial charge in [-0.3, -0.25) is 0 Å². The zero-order chi connectivity index (χ0) is 14.2. The van der Waals surface area contributed by atoms with Gasteiger partial charge in [0, 0.05) is 23.8 Å². The number of hydrogen-bond acceptors (Lipinski definition) is 1. The Labute approximate surface area is 123 Å². The number of rotatable bonds is 1. The van der Waals surface area contributed by atoms with E-state index in [1.54, 1.807) is 0 Å². The predicted molar refractivity (Wildman–Crippen MR) is 85.3 cm³/mol. The van der Waals surface area contributed by atoms with E-state index in [4.69, 9.17) is 11.6 Å². The van der Waals surface area contributed by atoms with Gasteiger partial charge in [-0.25, -0.2) is 0 Å². The van der Waals surface area contributed by atoms with Gasteiger partial charge in [0.2, 0.25) is 0 Å². The molecule has 1 nitrogen and oxygen atoms in total. The Hall–Kier alpha value is -0.690. The number of nitrogens with zero attached hydrogens (tertiary/aromatic N) is 1. The number of hydrogen-bond donors (Lipinski definition) is 0. The van der Waals surface area contributed by atoms with Gasteiger partial charge in [-0.1, -0.05) is 52.3 Å². The molecular formula is C17H26ClN. The standard InChI is InChI=1S/C17H26ClN/c1-12-8-13(2)11-19(10-12)14-6-7-15(16(18)9-14)17(3,4)5/h6-7,9,12-13H,8,10-11H2,1-5H3. The summed E-state index contributed by atoms with van der Waals surface area (Å²) in [6, 6.07) is 6.58. The van der Waals surface area contributed by atoms with E-state index in [1.165, 1.54) is 17.7 Å². The molecule has 2 atom stereocenters. The molecule has 1 fully saturated rings. The summed E-state index contributed by atoms with van der Waals surface area (Å²) in [6.07, 6.45) is 1.34. The van der Waals surface area contributed by atoms with Gasteiger partial charge in [0.25, 0.3) is 0 Å². The molecule has 0 amide bonds. The maximum absolute atomic E-state index is 6.48. The molecule has 2 unspecified atom stereocenters. The van der Waals surface area contributed by atoms with E-state index in [0.717, 1.165) is 29.9 Å². The summed E-state index contributed by atoms with van der Waals surface area (Å²) < 4.78 is 0. The molecule has 2 heteroatoms. The van der Waals surface area contributed by atoms with Crippen molar-refractivity contribution in [2.75, 3.05) is 18.0 Å². The van der Waals surface area contributed by atoms with Crippen molar-refractivity contribution < 1.29 is 0 Å². The summed E-state index contributed by atoms with van der Waals surface area (Å²) in [5.74, 6) is 1.54. The zero-order valence-corrected chi connectivity index (χ0v) is 13.6. The molecule has 1 aromatic carbocycles. The third kappa shape index (κ3) is 3.45. The molecule has 0 bridgehead atoms. The molecule has 1 aromatic rings. The lowest BCUT2D eigenvalue weighted by Gasteiger charge is -2.37. The smallest absolute Gasteiger partial charge is 0.0463 e. The molecule has 106 valence electrons. The Kier molecular flexibility index (Phi) is 4.15. The van der Waals surface area contributed by atoms with E-state index in [2.05, 4.69) is 57.7 Å². The van der Waals surface area contributed by atoms with Crippen LogP contribution >= 0.6 is 11.6 Å². The maximum Gasteiger partial charge on any atom is 0.0463 e. The summed E-state index contributed by atoms with van der Waals surface area (Å²) in [5, 5.41) is 0.899. The average Bonchev–Trinajstić information content (AvgIpc) is 2.25. The van der Waals surface area contributed by atoms with Gasteiger partial charge in [-0.15, -0.1) is 0 Å².